The number of ether oxygens (including phenoxy) is 1. The van der Waals surface area contributed by atoms with Gasteiger partial charge in [-0.3, -0.25) is 0 Å². The lowest BCUT2D eigenvalue weighted by molar-refractivity contribution is -0.154. The predicted molar refractivity (Wildman–Crippen MR) is 63.8 cm³/mol. The minimum Gasteiger partial charge on any atom is -0.468 e. The maximum absolute atomic E-state index is 11.9. The lowest BCUT2D eigenvalue weighted by atomic mass is 10.2. The number of aromatic nitrogens is 1. The van der Waals surface area contributed by atoms with E-state index in [9.17, 15) is 13.2 Å². The molecule has 1 unspecified atom stereocenters. The highest BCUT2D eigenvalue weighted by atomic mass is 19.4. The molecule has 0 aliphatic heterocycles. The van der Waals surface area contributed by atoms with Crippen molar-refractivity contribution in [2.24, 2.45) is 0 Å². The summed E-state index contributed by atoms with van der Waals surface area (Å²) in [6, 6.07) is 3.39. The fourth-order valence-electron chi connectivity index (χ4n) is 1.50. The summed E-state index contributed by atoms with van der Waals surface area (Å²) in [5.74, 6) is -0.0268. The normalized spacial score (nSPS) is 13.2. The van der Waals surface area contributed by atoms with E-state index in [0.717, 1.165) is 18.5 Å². The molecule has 0 saturated carbocycles. The fraction of sp³-hybridized carbons (Fsp3) is 0.583. The zero-order chi connectivity index (χ0) is 13.6. The van der Waals surface area contributed by atoms with Crippen LogP contribution < -0.4 is 10.1 Å². The van der Waals surface area contributed by atoms with E-state index in [4.69, 9.17) is 0 Å². The van der Waals surface area contributed by atoms with E-state index in [1.165, 1.54) is 12.3 Å². The molecule has 102 valence electrons. The van der Waals surface area contributed by atoms with Gasteiger partial charge in [0.15, 0.2) is 6.61 Å². The van der Waals surface area contributed by atoms with Crippen LogP contribution in [0.2, 0.25) is 0 Å². The third-order valence-electron chi connectivity index (χ3n) is 2.25. The first-order chi connectivity index (χ1) is 8.40. The zero-order valence-corrected chi connectivity index (χ0v) is 10.4. The predicted octanol–water partition coefficient (Wildman–Crippen LogP) is 3.62. The molecule has 0 fully saturated rings. The van der Waals surface area contributed by atoms with Crippen LogP contribution in [0.25, 0.3) is 0 Å². The molecule has 0 amide bonds. The van der Waals surface area contributed by atoms with Gasteiger partial charge in [-0.15, -0.1) is 0 Å². The second-order valence-corrected chi connectivity index (χ2v) is 4.12. The molecule has 0 aliphatic carbocycles. The Morgan fingerprint density at radius 3 is 2.61 bits per heavy atom. The average Bonchev–Trinajstić information content (AvgIpc) is 2.27. The Bertz CT molecular complexity index is 351. The summed E-state index contributed by atoms with van der Waals surface area (Å²) in [5, 5.41) is 3.20. The quantitative estimate of drug-likeness (QED) is 0.850. The van der Waals surface area contributed by atoms with Crippen LogP contribution in [0.3, 0.4) is 0 Å². The first-order valence-corrected chi connectivity index (χ1v) is 5.83. The van der Waals surface area contributed by atoms with Crippen LogP contribution in [0.4, 0.5) is 18.9 Å². The van der Waals surface area contributed by atoms with Crippen LogP contribution >= 0.6 is 0 Å². The zero-order valence-electron chi connectivity index (χ0n) is 10.4. The summed E-state index contributed by atoms with van der Waals surface area (Å²) in [4.78, 5) is 3.81. The maximum Gasteiger partial charge on any atom is 0.422 e. The second-order valence-electron chi connectivity index (χ2n) is 4.12. The Balaban J connectivity index is 2.47. The van der Waals surface area contributed by atoms with E-state index >= 15 is 0 Å². The summed E-state index contributed by atoms with van der Waals surface area (Å²) in [6.07, 6.45) is -0.785. The van der Waals surface area contributed by atoms with E-state index in [1.807, 2.05) is 6.92 Å². The lowest BCUT2D eigenvalue weighted by Crippen LogP contribution is -2.19. The highest BCUT2D eigenvalue weighted by Gasteiger charge is 2.28. The molecule has 1 rings (SSSR count). The number of halogens is 3. The fourth-order valence-corrected chi connectivity index (χ4v) is 1.50. The van der Waals surface area contributed by atoms with Crippen molar-refractivity contribution in [2.45, 2.75) is 38.9 Å². The number of hydrogen-bond donors (Lipinski definition) is 1. The first-order valence-electron chi connectivity index (χ1n) is 5.83. The number of nitrogens with zero attached hydrogens (tertiary/aromatic N) is 1. The van der Waals surface area contributed by atoms with Gasteiger partial charge in [0.1, 0.15) is 0 Å². The van der Waals surface area contributed by atoms with Gasteiger partial charge in [-0.25, -0.2) is 4.98 Å². The Kier molecular flexibility index (Phi) is 5.25. The van der Waals surface area contributed by atoms with Crippen LogP contribution in [-0.2, 0) is 0 Å². The van der Waals surface area contributed by atoms with Gasteiger partial charge in [-0.1, -0.05) is 13.3 Å². The molecular formula is C12H17F3N2O. The topological polar surface area (TPSA) is 34.1 Å². The summed E-state index contributed by atoms with van der Waals surface area (Å²) in [6.45, 7) is 2.81. The Labute approximate surface area is 104 Å². The van der Waals surface area contributed by atoms with E-state index in [1.54, 1.807) is 6.07 Å². The van der Waals surface area contributed by atoms with Gasteiger partial charge in [0, 0.05) is 12.1 Å². The molecule has 1 aromatic heterocycles. The molecule has 0 aliphatic rings. The lowest BCUT2D eigenvalue weighted by Gasteiger charge is -2.14. The number of pyridine rings is 1. The van der Waals surface area contributed by atoms with Gasteiger partial charge in [0.25, 0.3) is 0 Å². The van der Waals surface area contributed by atoms with Gasteiger partial charge < -0.3 is 10.1 Å². The van der Waals surface area contributed by atoms with Crippen molar-refractivity contribution in [1.29, 1.82) is 0 Å². The van der Waals surface area contributed by atoms with Crippen molar-refractivity contribution in [2.75, 3.05) is 11.9 Å². The van der Waals surface area contributed by atoms with Gasteiger partial charge in [0.2, 0.25) is 5.88 Å². The van der Waals surface area contributed by atoms with Crippen LogP contribution in [0, 0.1) is 0 Å². The van der Waals surface area contributed by atoms with Crippen LogP contribution in [0.1, 0.15) is 26.7 Å². The Morgan fingerprint density at radius 1 is 1.39 bits per heavy atom. The smallest absolute Gasteiger partial charge is 0.422 e. The van der Waals surface area contributed by atoms with Crippen LogP contribution in [0.5, 0.6) is 5.88 Å². The second kappa shape index (κ2) is 6.47. The van der Waals surface area contributed by atoms with Crippen molar-refractivity contribution < 1.29 is 17.9 Å². The van der Waals surface area contributed by atoms with E-state index in [2.05, 4.69) is 22.0 Å². The summed E-state index contributed by atoms with van der Waals surface area (Å²) >= 11 is 0. The third-order valence-corrected chi connectivity index (χ3v) is 2.25. The summed E-state index contributed by atoms with van der Waals surface area (Å²) in [7, 11) is 0. The molecule has 0 aromatic carbocycles. The molecule has 0 saturated heterocycles. The molecule has 0 radical (unpaired) electrons. The molecule has 18 heavy (non-hydrogen) atoms. The first kappa shape index (κ1) is 14.6. The minimum absolute atomic E-state index is 0.0268. The van der Waals surface area contributed by atoms with E-state index in [-0.39, 0.29) is 5.88 Å². The third kappa shape index (κ3) is 5.75. The van der Waals surface area contributed by atoms with Crippen molar-refractivity contribution in [1.82, 2.24) is 4.98 Å². The molecule has 6 heteroatoms. The minimum atomic E-state index is -4.34. The largest absolute Gasteiger partial charge is 0.468 e. The van der Waals surface area contributed by atoms with Crippen LogP contribution in [-0.4, -0.2) is 23.8 Å². The number of nitrogens with one attached hydrogen (secondary N) is 1. The van der Waals surface area contributed by atoms with Crippen molar-refractivity contribution >= 4 is 5.69 Å². The Hall–Kier alpha value is -1.46. The van der Waals surface area contributed by atoms with Crippen molar-refractivity contribution in [3.05, 3.63) is 18.3 Å². The highest BCUT2D eigenvalue weighted by Crippen LogP contribution is 2.18. The molecule has 3 nitrogen and oxygen atoms in total. The monoisotopic (exact) mass is 262 g/mol. The SMILES string of the molecule is CCCC(C)Nc1ccc(OCC(F)(F)F)nc1. The molecule has 1 heterocycles. The molecule has 1 atom stereocenters. The molecular weight excluding hydrogens is 245 g/mol. The summed E-state index contributed by atoms with van der Waals surface area (Å²) in [5.41, 5.74) is 0.773. The maximum atomic E-state index is 11.9. The van der Waals surface area contributed by atoms with Gasteiger partial charge >= 0.3 is 6.18 Å². The number of alkyl halides is 3. The molecule has 0 bridgehead atoms. The van der Waals surface area contributed by atoms with Crippen LogP contribution in [0.15, 0.2) is 18.3 Å². The molecule has 0 spiro atoms. The number of rotatable bonds is 6. The molecule has 1 aromatic rings. The highest BCUT2D eigenvalue weighted by molar-refractivity contribution is 5.42. The van der Waals surface area contributed by atoms with Gasteiger partial charge in [-0.2, -0.15) is 13.2 Å². The standard InChI is InChI=1S/C12H17F3N2O/c1-3-4-9(2)17-10-5-6-11(16-7-10)18-8-12(13,14)15/h5-7,9,17H,3-4,8H2,1-2H3. The van der Waals surface area contributed by atoms with Gasteiger partial charge in [-0.05, 0) is 19.4 Å². The Morgan fingerprint density at radius 2 is 2.11 bits per heavy atom. The number of anilines is 1. The van der Waals surface area contributed by atoms with Crippen molar-refractivity contribution in [3.63, 3.8) is 0 Å². The van der Waals surface area contributed by atoms with E-state index < -0.39 is 12.8 Å². The average molecular weight is 262 g/mol. The van der Waals surface area contributed by atoms with Gasteiger partial charge in [0.05, 0.1) is 11.9 Å². The van der Waals surface area contributed by atoms with E-state index in [0.29, 0.717) is 6.04 Å². The summed E-state index contributed by atoms with van der Waals surface area (Å²) < 4.78 is 40.3. The number of hydrogen-bond acceptors (Lipinski definition) is 3. The van der Waals surface area contributed by atoms with Crippen molar-refractivity contribution in [3.8, 4) is 5.88 Å². The molecule has 1 N–H and O–H groups in total.